The van der Waals surface area contributed by atoms with Crippen molar-refractivity contribution in [2.75, 3.05) is 0 Å². The van der Waals surface area contributed by atoms with E-state index in [2.05, 4.69) is 13.0 Å². The number of aldehydes is 1. The minimum Gasteiger partial charge on any atom is -0.303 e. The molecule has 13 heavy (non-hydrogen) atoms. The van der Waals surface area contributed by atoms with Crippen molar-refractivity contribution in [3.63, 3.8) is 0 Å². The quantitative estimate of drug-likeness (QED) is 0.481. The molecular weight excluding hydrogens is 160 g/mol. The van der Waals surface area contributed by atoms with Crippen LogP contribution in [0.2, 0.25) is 0 Å². The molecule has 1 heteroatoms. The van der Waals surface area contributed by atoms with Crippen LogP contribution in [0.1, 0.15) is 46.0 Å². The summed E-state index contributed by atoms with van der Waals surface area (Å²) in [4.78, 5) is 11.1. The maximum absolute atomic E-state index is 11.1. The lowest BCUT2D eigenvalue weighted by atomic mass is 9.69. The number of allylic oxidation sites excluding steroid dienone is 2. The molecule has 74 valence electrons. The fraction of sp³-hybridized carbons (Fsp3) is 0.750. The molecule has 1 fully saturated rings. The van der Waals surface area contributed by atoms with E-state index in [9.17, 15) is 4.79 Å². The van der Waals surface area contributed by atoms with Gasteiger partial charge in [-0.05, 0) is 32.1 Å². The normalized spacial score (nSPS) is 35.1. The molecular formula is C12H20O. The van der Waals surface area contributed by atoms with E-state index in [1.807, 2.05) is 13.0 Å². The third kappa shape index (κ3) is 2.68. The summed E-state index contributed by atoms with van der Waals surface area (Å²) in [5.74, 6) is 0.726. The molecule has 1 nitrogen and oxygen atoms in total. The summed E-state index contributed by atoms with van der Waals surface area (Å²) >= 11 is 0. The molecule has 0 radical (unpaired) electrons. The number of carbonyl (C=O) groups excluding carboxylic acids is 1. The van der Waals surface area contributed by atoms with Crippen LogP contribution in [0.4, 0.5) is 0 Å². The highest BCUT2D eigenvalue weighted by Gasteiger charge is 2.33. The van der Waals surface area contributed by atoms with Gasteiger partial charge in [-0.2, -0.15) is 0 Å². The van der Waals surface area contributed by atoms with Crippen LogP contribution in [0.15, 0.2) is 12.2 Å². The van der Waals surface area contributed by atoms with Gasteiger partial charge in [0.05, 0.1) is 0 Å². The Morgan fingerprint density at radius 2 is 2.31 bits per heavy atom. The minimum absolute atomic E-state index is 0.0236. The first-order chi connectivity index (χ1) is 6.22. The van der Waals surface area contributed by atoms with Gasteiger partial charge in [0.15, 0.2) is 0 Å². The molecule has 0 spiro atoms. The molecule has 0 bridgehead atoms. The van der Waals surface area contributed by atoms with Crippen molar-refractivity contribution in [2.24, 2.45) is 11.3 Å². The SMILES string of the molecule is C/C=C/CC1(C=O)CCCC(C)C1. The largest absolute Gasteiger partial charge is 0.303 e. The molecule has 1 saturated carbocycles. The van der Waals surface area contributed by atoms with E-state index in [0.717, 1.165) is 25.2 Å². The number of hydrogen-bond acceptors (Lipinski definition) is 1. The fourth-order valence-corrected chi connectivity index (χ4v) is 2.39. The molecule has 0 N–H and O–H groups in total. The van der Waals surface area contributed by atoms with Crippen LogP contribution < -0.4 is 0 Å². The second-order valence-corrected chi connectivity index (χ2v) is 4.45. The Labute approximate surface area is 81.2 Å². The molecule has 1 rings (SSSR count). The average Bonchev–Trinajstić information content (AvgIpc) is 2.15. The maximum Gasteiger partial charge on any atom is 0.126 e. The van der Waals surface area contributed by atoms with Gasteiger partial charge in [0, 0.05) is 5.41 Å². The molecule has 0 aromatic carbocycles. The monoisotopic (exact) mass is 180 g/mol. The third-order valence-electron chi connectivity index (χ3n) is 3.14. The Bertz CT molecular complexity index is 195. The van der Waals surface area contributed by atoms with Crippen LogP contribution in [0, 0.1) is 11.3 Å². The summed E-state index contributed by atoms with van der Waals surface area (Å²) in [5.41, 5.74) is -0.0236. The van der Waals surface area contributed by atoms with E-state index in [-0.39, 0.29) is 5.41 Å². The zero-order valence-electron chi connectivity index (χ0n) is 8.75. The van der Waals surface area contributed by atoms with E-state index >= 15 is 0 Å². The Hall–Kier alpha value is -0.590. The lowest BCUT2D eigenvalue weighted by Crippen LogP contribution is -2.28. The van der Waals surface area contributed by atoms with Gasteiger partial charge >= 0.3 is 0 Å². The van der Waals surface area contributed by atoms with E-state index in [1.54, 1.807) is 0 Å². The van der Waals surface area contributed by atoms with Crippen molar-refractivity contribution in [1.29, 1.82) is 0 Å². The van der Waals surface area contributed by atoms with Gasteiger partial charge in [0.2, 0.25) is 0 Å². The highest BCUT2D eigenvalue weighted by molar-refractivity contribution is 5.60. The van der Waals surface area contributed by atoms with Gasteiger partial charge in [-0.3, -0.25) is 0 Å². The first kappa shape index (κ1) is 10.5. The summed E-state index contributed by atoms with van der Waals surface area (Å²) < 4.78 is 0. The van der Waals surface area contributed by atoms with E-state index in [1.165, 1.54) is 19.1 Å². The summed E-state index contributed by atoms with van der Waals surface area (Å²) in [6, 6.07) is 0. The Morgan fingerprint density at radius 3 is 2.85 bits per heavy atom. The molecule has 0 heterocycles. The predicted molar refractivity (Wildman–Crippen MR) is 55.6 cm³/mol. The van der Waals surface area contributed by atoms with Crippen molar-refractivity contribution in [2.45, 2.75) is 46.0 Å². The van der Waals surface area contributed by atoms with E-state index in [4.69, 9.17) is 0 Å². The zero-order chi connectivity index (χ0) is 9.73. The zero-order valence-corrected chi connectivity index (χ0v) is 8.75. The van der Waals surface area contributed by atoms with Crippen LogP contribution >= 0.6 is 0 Å². The van der Waals surface area contributed by atoms with Crippen molar-refractivity contribution in [3.05, 3.63) is 12.2 Å². The Kier molecular flexibility index (Phi) is 3.71. The van der Waals surface area contributed by atoms with Crippen LogP contribution in [0.3, 0.4) is 0 Å². The molecule has 1 aliphatic carbocycles. The second kappa shape index (κ2) is 4.59. The van der Waals surface area contributed by atoms with E-state index < -0.39 is 0 Å². The number of rotatable bonds is 3. The molecule has 0 amide bonds. The second-order valence-electron chi connectivity index (χ2n) is 4.45. The summed E-state index contributed by atoms with van der Waals surface area (Å²) in [6.45, 7) is 4.28. The molecule has 1 aliphatic rings. The van der Waals surface area contributed by atoms with Gasteiger partial charge in [-0.1, -0.05) is 31.9 Å². The van der Waals surface area contributed by atoms with Crippen LogP contribution in [0.25, 0.3) is 0 Å². The lowest BCUT2D eigenvalue weighted by Gasteiger charge is -2.34. The summed E-state index contributed by atoms with van der Waals surface area (Å²) in [6.07, 6.45) is 11.0. The summed E-state index contributed by atoms with van der Waals surface area (Å²) in [5, 5.41) is 0. The van der Waals surface area contributed by atoms with Gasteiger partial charge < -0.3 is 4.79 Å². The molecule has 2 atom stereocenters. The minimum atomic E-state index is -0.0236. The highest BCUT2D eigenvalue weighted by Crippen LogP contribution is 2.40. The summed E-state index contributed by atoms with van der Waals surface area (Å²) in [7, 11) is 0. The first-order valence-corrected chi connectivity index (χ1v) is 5.30. The molecule has 0 aromatic rings. The average molecular weight is 180 g/mol. The number of hydrogen-bond donors (Lipinski definition) is 0. The van der Waals surface area contributed by atoms with Crippen LogP contribution in [0.5, 0.6) is 0 Å². The van der Waals surface area contributed by atoms with Gasteiger partial charge in [0.25, 0.3) is 0 Å². The molecule has 0 aromatic heterocycles. The van der Waals surface area contributed by atoms with Gasteiger partial charge in [-0.15, -0.1) is 0 Å². The van der Waals surface area contributed by atoms with Gasteiger partial charge in [0.1, 0.15) is 6.29 Å². The Balaban J connectivity index is 2.61. The smallest absolute Gasteiger partial charge is 0.126 e. The molecule has 0 saturated heterocycles. The lowest BCUT2D eigenvalue weighted by molar-refractivity contribution is -0.118. The third-order valence-corrected chi connectivity index (χ3v) is 3.14. The fourth-order valence-electron chi connectivity index (χ4n) is 2.39. The first-order valence-electron chi connectivity index (χ1n) is 5.30. The van der Waals surface area contributed by atoms with Crippen LogP contribution in [-0.4, -0.2) is 6.29 Å². The van der Waals surface area contributed by atoms with Crippen LogP contribution in [-0.2, 0) is 4.79 Å². The van der Waals surface area contributed by atoms with Crippen molar-refractivity contribution in [3.8, 4) is 0 Å². The van der Waals surface area contributed by atoms with Crippen molar-refractivity contribution >= 4 is 6.29 Å². The maximum atomic E-state index is 11.1. The van der Waals surface area contributed by atoms with E-state index in [0.29, 0.717) is 0 Å². The van der Waals surface area contributed by atoms with Gasteiger partial charge in [-0.25, -0.2) is 0 Å². The Morgan fingerprint density at radius 1 is 1.54 bits per heavy atom. The molecule has 2 unspecified atom stereocenters. The van der Waals surface area contributed by atoms with Crippen molar-refractivity contribution < 1.29 is 4.79 Å². The molecule has 0 aliphatic heterocycles. The standard InChI is InChI=1S/C12H20O/c1-3-4-7-12(10-13)8-5-6-11(2)9-12/h3-4,10-11H,5-9H2,1-2H3/b4-3+. The highest BCUT2D eigenvalue weighted by atomic mass is 16.1. The predicted octanol–water partition coefficient (Wildman–Crippen LogP) is 3.35. The van der Waals surface area contributed by atoms with Crippen molar-refractivity contribution in [1.82, 2.24) is 0 Å². The topological polar surface area (TPSA) is 17.1 Å². The number of carbonyl (C=O) groups is 1.